The third kappa shape index (κ3) is 2.33. The number of hydrogen-bond donors (Lipinski definition) is 1. The van der Waals surface area contributed by atoms with E-state index in [1.165, 1.54) is 24.2 Å². The second kappa shape index (κ2) is 4.93. The molecular weight excluding hydrogens is 248 g/mol. The zero-order valence-electron chi connectivity index (χ0n) is 10.5. The van der Waals surface area contributed by atoms with Gasteiger partial charge in [-0.25, -0.2) is 4.79 Å². The third-order valence-electron chi connectivity index (χ3n) is 2.74. The second-order valence-electron chi connectivity index (χ2n) is 4.02. The normalized spacial score (nSPS) is 10.2. The van der Waals surface area contributed by atoms with Crippen LogP contribution in [-0.2, 0) is 0 Å². The van der Waals surface area contributed by atoms with Gasteiger partial charge in [-0.2, -0.15) is 0 Å². The van der Waals surface area contributed by atoms with E-state index < -0.39 is 11.9 Å². The summed E-state index contributed by atoms with van der Waals surface area (Å²) in [5.74, 6) is -1.43. The van der Waals surface area contributed by atoms with Crippen molar-refractivity contribution >= 4 is 17.6 Å². The molecule has 98 valence electrons. The zero-order valence-corrected chi connectivity index (χ0v) is 10.5. The Morgan fingerprint density at radius 3 is 2.58 bits per heavy atom. The van der Waals surface area contributed by atoms with E-state index in [0.29, 0.717) is 11.3 Å². The Labute approximate surface area is 109 Å². The van der Waals surface area contributed by atoms with E-state index in [0.717, 1.165) is 0 Å². The predicted molar refractivity (Wildman–Crippen MR) is 67.4 cm³/mol. The van der Waals surface area contributed by atoms with Crippen LogP contribution >= 0.6 is 0 Å². The number of para-hydroxylation sites is 1. The summed E-state index contributed by atoms with van der Waals surface area (Å²) in [7, 11) is 1.49. The van der Waals surface area contributed by atoms with Gasteiger partial charge in [0.2, 0.25) is 5.76 Å². The van der Waals surface area contributed by atoms with Crippen LogP contribution in [0.1, 0.15) is 26.5 Å². The lowest BCUT2D eigenvalue weighted by Crippen LogP contribution is -2.28. The fourth-order valence-electron chi connectivity index (χ4n) is 1.71. The molecule has 1 heterocycles. The molecule has 0 spiro atoms. The molecule has 19 heavy (non-hydrogen) atoms. The van der Waals surface area contributed by atoms with Crippen molar-refractivity contribution in [3.8, 4) is 0 Å². The largest absolute Gasteiger partial charge is 0.478 e. The molecule has 0 aliphatic heterocycles. The molecule has 1 amide bonds. The van der Waals surface area contributed by atoms with Crippen LogP contribution in [0.15, 0.2) is 35.0 Å². The van der Waals surface area contributed by atoms with Gasteiger partial charge in [-0.1, -0.05) is 17.3 Å². The monoisotopic (exact) mass is 260 g/mol. The van der Waals surface area contributed by atoms with Crippen molar-refractivity contribution in [3.05, 3.63) is 47.3 Å². The maximum atomic E-state index is 12.2. The summed E-state index contributed by atoms with van der Waals surface area (Å²) < 4.78 is 4.88. The van der Waals surface area contributed by atoms with Crippen LogP contribution in [0.25, 0.3) is 0 Å². The molecule has 0 saturated carbocycles. The highest BCUT2D eigenvalue weighted by Gasteiger charge is 2.23. The van der Waals surface area contributed by atoms with Crippen molar-refractivity contribution < 1.29 is 19.2 Å². The van der Waals surface area contributed by atoms with Crippen molar-refractivity contribution in [1.29, 1.82) is 0 Å². The summed E-state index contributed by atoms with van der Waals surface area (Å²) in [4.78, 5) is 24.6. The molecule has 0 atom stereocenters. The fourth-order valence-corrected chi connectivity index (χ4v) is 1.71. The number of anilines is 1. The summed E-state index contributed by atoms with van der Waals surface area (Å²) >= 11 is 0. The Morgan fingerprint density at radius 1 is 1.32 bits per heavy atom. The number of benzene rings is 1. The average Bonchev–Trinajstić information content (AvgIpc) is 2.83. The number of amides is 1. The van der Waals surface area contributed by atoms with E-state index in [9.17, 15) is 9.59 Å². The lowest BCUT2D eigenvalue weighted by atomic mass is 10.1. The fraction of sp³-hybridized carbons (Fsp3) is 0.154. The molecule has 0 radical (unpaired) electrons. The number of aromatic carboxylic acids is 1. The first-order valence-corrected chi connectivity index (χ1v) is 5.54. The number of carboxylic acids is 1. The molecular formula is C13H12N2O4. The number of aryl methyl sites for hydroxylation is 1. The molecule has 0 saturated heterocycles. The Hall–Kier alpha value is -2.63. The van der Waals surface area contributed by atoms with Crippen molar-refractivity contribution in [2.75, 3.05) is 11.9 Å². The van der Waals surface area contributed by atoms with Gasteiger partial charge in [0, 0.05) is 12.6 Å². The van der Waals surface area contributed by atoms with Crippen molar-refractivity contribution in [1.82, 2.24) is 5.16 Å². The molecule has 0 unspecified atom stereocenters. The molecule has 0 fully saturated rings. The van der Waals surface area contributed by atoms with E-state index in [-0.39, 0.29) is 11.3 Å². The zero-order chi connectivity index (χ0) is 14.0. The number of nitrogens with zero attached hydrogens (tertiary/aromatic N) is 2. The van der Waals surface area contributed by atoms with Crippen LogP contribution in [0.2, 0.25) is 0 Å². The summed E-state index contributed by atoms with van der Waals surface area (Å²) in [6, 6.07) is 6.27. The number of rotatable bonds is 3. The highest BCUT2D eigenvalue weighted by molar-refractivity contribution is 6.08. The van der Waals surface area contributed by atoms with E-state index in [4.69, 9.17) is 9.63 Å². The standard InChI is InChI=1S/C13H12N2O4/c1-8-7-14-19-11(8)12(16)15(2)10-6-4-3-5-9(10)13(17)18/h3-7H,1-2H3,(H,17,18). The van der Waals surface area contributed by atoms with Crippen molar-refractivity contribution in [2.45, 2.75) is 6.92 Å². The van der Waals surface area contributed by atoms with E-state index in [1.54, 1.807) is 25.1 Å². The van der Waals surface area contributed by atoms with Gasteiger partial charge in [-0.3, -0.25) is 4.79 Å². The maximum Gasteiger partial charge on any atom is 0.337 e. The molecule has 1 aromatic heterocycles. The molecule has 2 rings (SSSR count). The minimum atomic E-state index is -1.09. The highest BCUT2D eigenvalue weighted by atomic mass is 16.5. The number of carbonyl (C=O) groups is 2. The molecule has 6 nitrogen and oxygen atoms in total. The number of carboxylic acid groups (broad SMARTS) is 1. The van der Waals surface area contributed by atoms with Crippen LogP contribution in [0, 0.1) is 6.92 Å². The average molecular weight is 260 g/mol. The van der Waals surface area contributed by atoms with Gasteiger partial charge in [0.25, 0.3) is 5.91 Å². The Morgan fingerprint density at radius 2 is 2.00 bits per heavy atom. The van der Waals surface area contributed by atoms with E-state index >= 15 is 0 Å². The molecule has 0 aliphatic carbocycles. The number of aromatic nitrogens is 1. The Kier molecular flexibility index (Phi) is 3.33. The summed E-state index contributed by atoms with van der Waals surface area (Å²) in [5.41, 5.74) is 0.955. The lowest BCUT2D eigenvalue weighted by molar-refractivity contribution is 0.0697. The van der Waals surface area contributed by atoms with E-state index in [2.05, 4.69) is 5.16 Å². The first-order chi connectivity index (χ1) is 9.02. The minimum absolute atomic E-state index is 0.0514. The molecule has 2 aromatic rings. The van der Waals surface area contributed by atoms with Gasteiger partial charge in [-0.05, 0) is 19.1 Å². The van der Waals surface area contributed by atoms with Crippen LogP contribution < -0.4 is 4.90 Å². The smallest absolute Gasteiger partial charge is 0.337 e. The van der Waals surface area contributed by atoms with Crippen LogP contribution in [-0.4, -0.2) is 29.2 Å². The first kappa shape index (κ1) is 12.8. The van der Waals surface area contributed by atoms with Gasteiger partial charge in [0.05, 0.1) is 17.4 Å². The molecule has 0 bridgehead atoms. The SMILES string of the molecule is Cc1cnoc1C(=O)N(C)c1ccccc1C(=O)O. The number of carbonyl (C=O) groups excluding carboxylic acids is 1. The van der Waals surface area contributed by atoms with Gasteiger partial charge in [-0.15, -0.1) is 0 Å². The van der Waals surface area contributed by atoms with Crippen LogP contribution in [0.3, 0.4) is 0 Å². The molecule has 1 N–H and O–H groups in total. The van der Waals surface area contributed by atoms with Crippen LogP contribution in [0.4, 0.5) is 5.69 Å². The quantitative estimate of drug-likeness (QED) is 0.911. The third-order valence-corrected chi connectivity index (χ3v) is 2.74. The molecule has 6 heteroatoms. The van der Waals surface area contributed by atoms with Crippen molar-refractivity contribution in [3.63, 3.8) is 0 Å². The first-order valence-electron chi connectivity index (χ1n) is 5.54. The second-order valence-corrected chi connectivity index (χ2v) is 4.02. The van der Waals surface area contributed by atoms with Gasteiger partial charge >= 0.3 is 5.97 Å². The topological polar surface area (TPSA) is 83.6 Å². The summed E-state index contributed by atoms with van der Waals surface area (Å²) in [6.07, 6.45) is 1.43. The van der Waals surface area contributed by atoms with E-state index in [1.807, 2.05) is 0 Å². The predicted octanol–water partition coefficient (Wildman–Crippen LogP) is 1.96. The molecule has 1 aromatic carbocycles. The molecule has 0 aliphatic rings. The summed E-state index contributed by atoms with van der Waals surface area (Å²) in [6.45, 7) is 1.70. The Bertz CT molecular complexity index is 633. The Balaban J connectivity index is 2.40. The maximum absolute atomic E-state index is 12.2. The minimum Gasteiger partial charge on any atom is -0.478 e. The highest BCUT2D eigenvalue weighted by Crippen LogP contribution is 2.21. The summed E-state index contributed by atoms with van der Waals surface area (Å²) in [5, 5.41) is 12.6. The number of hydrogen-bond acceptors (Lipinski definition) is 4. The lowest BCUT2D eigenvalue weighted by Gasteiger charge is -2.18. The van der Waals surface area contributed by atoms with Gasteiger partial charge in [0.15, 0.2) is 0 Å². The van der Waals surface area contributed by atoms with Gasteiger partial charge < -0.3 is 14.5 Å². The van der Waals surface area contributed by atoms with Crippen molar-refractivity contribution in [2.24, 2.45) is 0 Å². The van der Waals surface area contributed by atoms with Gasteiger partial charge in [0.1, 0.15) is 0 Å². The van der Waals surface area contributed by atoms with Crippen LogP contribution in [0.5, 0.6) is 0 Å².